The van der Waals surface area contributed by atoms with E-state index in [0.29, 0.717) is 18.7 Å². The second-order valence-electron chi connectivity index (χ2n) is 6.95. The Bertz CT molecular complexity index is 1190. The van der Waals surface area contributed by atoms with Crippen LogP contribution in [0.25, 0.3) is 16.7 Å². The molecule has 0 saturated carbocycles. The zero-order valence-corrected chi connectivity index (χ0v) is 14.7. The molecule has 0 bridgehead atoms. The van der Waals surface area contributed by atoms with Crippen molar-refractivity contribution < 1.29 is 4.79 Å². The van der Waals surface area contributed by atoms with Gasteiger partial charge in [-0.25, -0.2) is 9.78 Å². The van der Waals surface area contributed by atoms with Gasteiger partial charge in [0.1, 0.15) is 5.65 Å². The average molecular weight is 361 g/mol. The van der Waals surface area contributed by atoms with Gasteiger partial charge < -0.3 is 14.3 Å². The SMILES string of the molecule is O=C(c1ccc2nccn2c1)N1CCC(n2c(=O)[nH]c3ccccc32)CC1. The molecule has 1 amide bonds. The van der Waals surface area contributed by atoms with Gasteiger partial charge in [0.15, 0.2) is 0 Å². The summed E-state index contributed by atoms with van der Waals surface area (Å²) >= 11 is 0. The number of aromatic nitrogens is 4. The van der Waals surface area contributed by atoms with Gasteiger partial charge in [-0.05, 0) is 37.1 Å². The topological polar surface area (TPSA) is 75.4 Å². The van der Waals surface area contributed by atoms with Gasteiger partial charge in [-0.3, -0.25) is 9.36 Å². The molecule has 0 spiro atoms. The summed E-state index contributed by atoms with van der Waals surface area (Å²) in [6.45, 7) is 1.27. The predicted octanol–water partition coefficient (Wildman–Crippen LogP) is 2.45. The number of H-pyrrole nitrogens is 1. The summed E-state index contributed by atoms with van der Waals surface area (Å²) in [4.78, 5) is 34.2. The minimum Gasteiger partial charge on any atom is -0.338 e. The van der Waals surface area contributed by atoms with E-state index >= 15 is 0 Å². The van der Waals surface area contributed by atoms with Crippen LogP contribution in [0, 0.1) is 0 Å². The van der Waals surface area contributed by atoms with Gasteiger partial charge >= 0.3 is 5.69 Å². The Morgan fingerprint density at radius 1 is 1.11 bits per heavy atom. The smallest absolute Gasteiger partial charge is 0.326 e. The molecule has 4 aromatic rings. The molecule has 4 heterocycles. The third kappa shape index (κ3) is 2.63. The number of nitrogens with zero attached hydrogens (tertiary/aromatic N) is 4. The zero-order valence-electron chi connectivity index (χ0n) is 14.7. The average Bonchev–Trinajstić information content (AvgIpc) is 3.30. The number of benzene rings is 1. The second-order valence-corrected chi connectivity index (χ2v) is 6.95. The maximum Gasteiger partial charge on any atom is 0.326 e. The van der Waals surface area contributed by atoms with Crippen LogP contribution >= 0.6 is 0 Å². The molecule has 3 aromatic heterocycles. The Morgan fingerprint density at radius 3 is 2.78 bits per heavy atom. The number of pyridine rings is 1. The van der Waals surface area contributed by atoms with E-state index in [9.17, 15) is 9.59 Å². The number of nitrogens with one attached hydrogen (secondary N) is 1. The van der Waals surface area contributed by atoms with Crippen LogP contribution in [0.1, 0.15) is 29.2 Å². The van der Waals surface area contributed by atoms with Crippen LogP contribution in [-0.2, 0) is 0 Å². The van der Waals surface area contributed by atoms with Crippen LogP contribution in [0.2, 0.25) is 0 Å². The van der Waals surface area contributed by atoms with E-state index in [-0.39, 0.29) is 17.6 Å². The lowest BCUT2D eigenvalue weighted by atomic mass is 10.0. The minimum atomic E-state index is -0.0773. The van der Waals surface area contributed by atoms with Gasteiger partial charge in [-0.1, -0.05) is 12.1 Å². The first-order chi connectivity index (χ1) is 13.2. The summed E-state index contributed by atoms with van der Waals surface area (Å²) in [5.74, 6) is 0.0234. The van der Waals surface area contributed by atoms with E-state index < -0.39 is 0 Å². The van der Waals surface area contributed by atoms with Crippen molar-refractivity contribution in [3.05, 3.63) is 71.0 Å². The minimum absolute atomic E-state index is 0.0234. The summed E-state index contributed by atoms with van der Waals surface area (Å²) < 4.78 is 3.69. The highest BCUT2D eigenvalue weighted by atomic mass is 16.2. The van der Waals surface area contributed by atoms with Crippen LogP contribution in [0.3, 0.4) is 0 Å². The largest absolute Gasteiger partial charge is 0.338 e. The Hall–Kier alpha value is -3.35. The fourth-order valence-corrected chi connectivity index (χ4v) is 3.99. The highest BCUT2D eigenvalue weighted by Gasteiger charge is 2.26. The van der Waals surface area contributed by atoms with Crippen LogP contribution < -0.4 is 5.69 Å². The molecule has 1 aliphatic heterocycles. The summed E-state index contributed by atoms with van der Waals surface area (Å²) in [7, 11) is 0. The van der Waals surface area contributed by atoms with E-state index in [1.54, 1.807) is 6.20 Å². The number of imidazole rings is 2. The first kappa shape index (κ1) is 15.9. The number of hydrogen-bond acceptors (Lipinski definition) is 3. The van der Waals surface area contributed by atoms with Crippen molar-refractivity contribution in [2.45, 2.75) is 18.9 Å². The molecule has 0 aliphatic carbocycles. The van der Waals surface area contributed by atoms with Crippen molar-refractivity contribution in [3.8, 4) is 0 Å². The lowest BCUT2D eigenvalue weighted by Crippen LogP contribution is -2.40. The molecule has 27 heavy (non-hydrogen) atoms. The Morgan fingerprint density at radius 2 is 1.93 bits per heavy atom. The number of aromatic amines is 1. The molecular formula is C20H19N5O2. The number of para-hydroxylation sites is 2. The normalized spacial score (nSPS) is 15.6. The first-order valence-corrected chi connectivity index (χ1v) is 9.12. The predicted molar refractivity (Wildman–Crippen MR) is 102 cm³/mol. The van der Waals surface area contributed by atoms with Gasteiger partial charge in [0.05, 0.1) is 16.6 Å². The van der Waals surface area contributed by atoms with Gasteiger partial charge in [0.25, 0.3) is 5.91 Å². The number of fused-ring (bicyclic) bond motifs is 2. The van der Waals surface area contributed by atoms with Crippen molar-refractivity contribution in [2.24, 2.45) is 0 Å². The van der Waals surface area contributed by atoms with Gasteiger partial charge in [0.2, 0.25) is 0 Å². The highest BCUT2D eigenvalue weighted by Crippen LogP contribution is 2.25. The summed E-state index contributed by atoms with van der Waals surface area (Å²) in [5.41, 5.74) is 3.19. The number of amides is 1. The van der Waals surface area contributed by atoms with E-state index in [4.69, 9.17) is 0 Å². The van der Waals surface area contributed by atoms with Crippen LogP contribution in [0.4, 0.5) is 0 Å². The lowest BCUT2D eigenvalue weighted by molar-refractivity contribution is 0.0694. The molecule has 1 N–H and O–H groups in total. The number of carbonyl (C=O) groups is 1. The monoisotopic (exact) mass is 361 g/mol. The van der Waals surface area contributed by atoms with Gasteiger partial charge in [-0.2, -0.15) is 0 Å². The van der Waals surface area contributed by atoms with Crippen molar-refractivity contribution in [1.82, 2.24) is 23.8 Å². The van der Waals surface area contributed by atoms with Gasteiger partial charge in [-0.15, -0.1) is 0 Å². The summed E-state index contributed by atoms with van der Waals surface area (Å²) in [6.07, 6.45) is 6.90. The first-order valence-electron chi connectivity index (χ1n) is 9.12. The van der Waals surface area contributed by atoms with E-state index in [1.165, 1.54) is 0 Å². The number of hydrogen-bond donors (Lipinski definition) is 1. The zero-order chi connectivity index (χ0) is 18.4. The van der Waals surface area contributed by atoms with Crippen molar-refractivity contribution in [2.75, 3.05) is 13.1 Å². The molecule has 1 aliphatic rings. The number of carbonyl (C=O) groups excluding carboxylic acids is 1. The highest BCUT2D eigenvalue weighted by molar-refractivity contribution is 5.94. The van der Waals surface area contributed by atoms with E-state index in [0.717, 1.165) is 29.5 Å². The molecular weight excluding hydrogens is 342 g/mol. The number of piperidine rings is 1. The summed E-state index contributed by atoms with van der Waals surface area (Å²) in [5, 5.41) is 0. The van der Waals surface area contributed by atoms with E-state index in [2.05, 4.69) is 9.97 Å². The maximum atomic E-state index is 12.9. The third-order valence-corrected chi connectivity index (χ3v) is 5.38. The Balaban J connectivity index is 1.35. The number of likely N-dealkylation sites (tertiary alicyclic amines) is 1. The van der Waals surface area contributed by atoms with Crippen molar-refractivity contribution >= 4 is 22.6 Å². The molecule has 0 radical (unpaired) electrons. The Kier molecular flexibility index (Phi) is 3.60. The summed E-state index contributed by atoms with van der Waals surface area (Å²) in [6, 6.07) is 11.5. The molecule has 0 atom stereocenters. The molecule has 7 nitrogen and oxygen atoms in total. The number of rotatable bonds is 2. The van der Waals surface area contributed by atoms with Crippen LogP contribution in [0.15, 0.2) is 59.8 Å². The standard InChI is InChI=1S/C20H19N5O2/c26-19(14-5-6-18-21-9-12-24(18)13-14)23-10-7-15(8-11-23)25-17-4-2-1-3-16(17)22-20(25)27/h1-6,9,12-13,15H,7-8,10-11H2,(H,22,27). The van der Waals surface area contributed by atoms with Gasteiger partial charge in [0, 0.05) is 37.7 Å². The molecule has 5 rings (SSSR count). The fraction of sp³-hybridized carbons (Fsp3) is 0.250. The molecule has 1 fully saturated rings. The van der Waals surface area contributed by atoms with Crippen molar-refractivity contribution in [1.29, 1.82) is 0 Å². The molecule has 1 saturated heterocycles. The third-order valence-electron chi connectivity index (χ3n) is 5.38. The van der Waals surface area contributed by atoms with E-state index in [1.807, 2.05) is 62.7 Å². The molecule has 7 heteroatoms. The van der Waals surface area contributed by atoms with Crippen LogP contribution in [-0.4, -0.2) is 42.8 Å². The lowest BCUT2D eigenvalue weighted by Gasteiger charge is -2.32. The molecule has 136 valence electrons. The quantitative estimate of drug-likeness (QED) is 0.596. The molecule has 0 unspecified atom stereocenters. The second kappa shape index (κ2) is 6.12. The van der Waals surface area contributed by atoms with Crippen molar-refractivity contribution in [3.63, 3.8) is 0 Å². The maximum absolute atomic E-state index is 12.9. The van der Waals surface area contributed by atoms with Crippen LogP contribution in [0.5, 0.6) is 0 Å². The Labute approximate surface area is 154 Å². The molecule has 1 aromatic carbocycles. The fourth-order valence-electron chi connectivity index (χ4n) is 3.99.